The Balaban J connectivity index is 3.07. The van der Waals surface area contributed by atoms with Crippen LogP contribution in [0.15, 0.2) is 18.5 Å². The lowest BCUT2D eigenvalue weighted by molar-refractivity contribution is 0.0890. The van der Waals surface area contributed by atoms with Gasteiger partial charge in [0, 0.05) is 18.1 Å². The van der Waals surface area contributed by atoms with Crippen LogP contribution in [0, 0.1) is 0 Å². The largest absolute Gasteiger partial charge is 0.398 e. The van der Waals surface area contributed by atoms with Gasteiger partial charge in [-0.1, -0.05) is 0 Å². The quantitative estimate of drug-likeness (QED) is 0.698. The number of Topliss-reactive ketones (excluding diaryl/α,β-unsaturated/α-hetero) is 1. The Morgan fingerprint density at radius 2 is 2.21 bits per heavy atom. The van der Waals surface area contributed by atoms with Crippen LogP contribution in [0.4, 0.5) is 5.69 Å². The average molecular weight is 193 g/mol. The molecule has 1 rings (SSSR count). The summed E-state index contributed by atoms with van der Waals surface area (Å²) in [6.45, 7) is 3.61. The van der Waals surface area contributed by atoms with E-state index in [1.54, 1.807) is 19.3 Å². The molecule has 0 aliphatic rings. The van der Waals surface area contributed by atoms with E-state index in [2.05, 4.69) is 10.3 Å². The molecule has 1 aromatic heterocycles. The minimum absolute atomic E-state index is 0.0504. The van der Waals surface area contributed by atoms with Crippen molar-refractivity contribution >= 4 is 11.5 Å². The molecule has 0 atom stereocenters. The molecule has 0 saturated heterocycles. The predicted octanol–water partition coefficient (Wildman–Crippen LogP) is 0.844. The Morgan fingerprint density at radius 1 is 1.57 bits per heavy atom. The molecule has 0 aliphatic heterocycles. The molecule has 14 heavy (non-hydrogen) atoms. The number of carbonyl (C=O) groups excluding carboxylic acids is 1. The third-order valence-electron chi connectivity index (χ3n) is 2.29. The normalized spacial score (nSPS) is 11.4. The van der Waals surface area contributed by atoms with Crippen LogP contribution in [0.3, 0.4) is 0 Å². The monoisotopic (exact) mass is 193 g/mol. The van der Waals surface area contributed by atoms with Gasteiger partial charge in [0.25, 0.3) is 0 Å². The Bertz CT molecular complexity index is 347. The molecule has 3 N–H and O–H groups in total. The van der Waals surface area contributed by atoms with Crippen molar-refractivity contribution in [2.24, 2.45) is 0 Å². The zero-order chi connectivity index (χ0) is 10.8. The first-order valence-electron chi connectivity index (χ1n) is 4.42. The van der Waals surface area contributed by atoms with E-state index in [1.807, 2.05) is 13.8 Å². The first-order valence-corrected chi connectivity index (χ1v) is 4.42. The highest BCUT2D eigenvalue weighted by atomic mass is 16.1. The summed E-state index contributed by atoms with van der Waals surface area (Å²) in [4.78, 5) is 15.8. The summed E-state index contributed by atoms with van der Waals surface area (Å²) in [6.07, 6.45) is 3.06. The molecule has 1 heterocycles. The van der Waals surface area contributed by atoms with Gasteiger partial charge in [-0.2, -0.15) is 0 Å². The molecule has 0 spiro atoms. The zero-order valence-corrected chi connectivity index (χ0v) is 8.66. The molecule has 0 fully saturated rings. The highest BCUT2D eigenvalue weighted by molar-refractivity contribution is 6.06. The van der Waals surface area contributed by atoms with Gasteiger partial charge in [-0.3, -0.25) is 9.78 Å². The minimum atomic E-state index is -0.614. The fourth-order valence-electron chi connectivity index (χ4n) is 1.05. The number of nitrogens with two attached hydrogens (primary N) is 1. The number of carbonyl (C=O) groups is 1. The highest BCUT2D eigenvalue weighted by Crippen LogP contribution is 2.16. The van der Waals surface area contributed by atoms with E-state index in [0.717, 1.165) is 0 Å². The number of nitrogen functional groups attached to an aromatic ring is 1. The van der Waals surface area contributed by atoms with Crippen molar-refractivity contribution in [3.63, 3.8) is 0 Å². The van der Waals surface area contributed by atoms with Crippen LogP contribution >= 0.6 is 0 Å². The van der Waals surface area contributed by atoms with E-state index in [-0.39, 0.29) is 5.78 Å². The molecule has 0 unspecified atom stereocenters. The number of pyridine rings is 1. The number of ketones is 1. The standard InChI is InChI=1S/C10H15N3O/c1-10(2,12-3)9(14)7-6-13-5-4-8(7)11/h4-6,12H,1-3H3,(H2,11,13). The van der Waals surface area contributed by atoms with Crippen molar-refractivity contribution in [1.82, 2.24) is 10.3 Å². The molecule has 0 radical (unpaired) electrons. The van der Waals surface area contributed by atoms with Crippen molar-refractivity contribution in [2.45, 2.75) is 19.4 Å². The summed E-state index contributed by atoms with van der Waals surface area (Å²) in [6, 6.07) is 1.62. The number of anilines is 1. The molecular weight excluding hydrogens is 178 g/mol. The third-order valence-corrected chi connectivity index (χ3v) is 2.29. The lowest BCUT2D eigenvalue weighted by Gasteiger charge is -2.22. The third kappa shape index (κ3) is 1.90. The van der Waals surface area contributed by atoms with Crippen LogP contribution in [0.25, 0.3) is 0 Å². The Morgan fingerprint density at radius 3 is 2.71 bits per heavy atom. The van der Waals surface area contributed by atoms with Crippen LogP contribution in [0.1, 0.15) is 24.2 Å². The van der Waals surface area contributed by atoms with Crippen molar-refractivity contribution in [2.75, 3.05) is 12.8 Å². The highest BCUT2D eigenvalue weighted by Gasteiger charge is 2.27. The molecular formula is C10H15N3O. The van der Waals surface area contributed by atoms with Gasteiger partial charge in [-0.05, 0) is 27.0 Å². The molecule has 0 amide bonds. The number of nitrogens with zero attached hydrogens (tertiary/aromatic N) is 1. The fourth-order valence-corrected chi connectivity index (χ4v) is 1.05. The maximum Gasteiger partial charge on any atom is 0.185 e. The number of nitrogens with one attached hydrogen (secondary N) is 1. The Labute approximate surface area is 83.5 Å². The lowest BCUT2D eigenvalue weighted by atomic mass is 9.93. The van der Waals surface area contributed by atoms with Gasteiger partial charge in [-0.15, -0.1) is 0 Å². The number of rotatable bonds is 3. The van der Waals surface area contributed by atoms with Crippen molar-refractivity contribution < 1.29 is 4.79 Å². The molecule has 1 aromatic rings. The molecule has 0 saturated carbocycles. The van der Waals surface area contributed by atoms with Crippen molar-refractivity contribution in [3.05, 3.63) is 24.0 Å². The fraction of sp³-hybridized carbons (Fsp3) is 0.400. The molecule has 0 bridgehead atoms. The lowest BCUT2D eigenvalue weighted by Crippen LogP contribution is -2.44. The van der Waals surface area contributed by atoms with E-state index in [0.29, 0.717) is 11.3 Å². The maximum absolute atomic E-state index is 11.9. The summed E-state index contributed by atoms with van der Waals surface area (Å²) in [7, 11) is 1.74. The number of hydrogen-bond acceptors (Lipinski definition) is 4. The second-order valence-corrected chi connectivity index (χ2v) is 3.67. The number of likely N-dealkylation sites (N-methyl/N-ethyl adjacent to an activating group) is 1. The zero-order valence-electron chi connectivity index (χ0n) is 8.66. The van der Waals surface area contributed by atoms with Crippen LogP contribution in [-0.4, -0.2) is 23.4 Å². The van der Waals surface area contributed by atoms with Crippen LogP contribution in [0.2, 0.25) is 0 Å². The maximum atomic E-state index is 11.9. The van der Waals surface area contributed by atoms with E-state index in [9.17, 15) is 4.79 Å². The molecule has 4 heteroatoms. The van der Waals surface area contributed by atoms with Gasteiger partial charge in [0.2, 0.25) is 0 Å². The Hall–Kier alpha value is -1.42. The van der Waals surface area contributed by atoms with E-state index < -0.39 is 5.54 Å². The predicted molar refractivity (Wildman–Crippen MR) is 56.1 cm³/mol. The topological polar surface area (TPSA) is 68.0 Å². The van der Waals surface area contributed by atoms with Gasteiger partial charge in [0.15, 0.2) is 5.78 Å². The second kappa shape index (κ2) is 3.75. The van der Waals surface area contributed by atoms with E-state index >= 15 is 0 Å². The van der Waals surface area contributed by atoms with Crippen molar-refractivity contribution in [3.8, 4) is 0 Å². The Kier molecular flexibility index (Phi) is 2.86. The van der Waals surface area contributed by atoms with E-state index in [1.165, 1.54) is 6.20 Å². The van der Waals surface area contributed by atoms with Crippen LogP contribution < -0.4 is 11.1 Å². The number of aromatic nitrogens is 1. The molecule has 0 aromatic carbocycles. The summed E-state index contributed by atoms with van der Waals surface area (Å²) in [5.74, 6) is -0.0504. The van der Waals surface area contributed by atoms with Gasteiger partial charge in [0.1, 0.15) is 0 Å². The van der Waals surface area contributed by atoms with Crippen LogP contribution in [-0.2, 0) is 0 Å². The summed E-state index contributed by atoms with van der Waals surface area (Å²) < 4.78 is 0. The molecule has 4 nitrogen and oxygen atoms in total. The van der Waals surface area contributed by atoms with E-state index in [4.69, 9.17) is 5.73 Å². The first-order chi connectivity index (χ1) is 6.49. The molecule has 0 aliphatic carbocycles. The van der Waals surface area contributed by atoms with Gasteiger partial charge < -0.3 is 11.1 Å². The summed E-state index contributed by atoms with van der Waals surface area (Å²) in [5.41, 5.74) is 6.00. The van der Waals surface area contributed by atoms with Gasteiger partial charge in [0.05, 0.1) is 11.1 Å². The van der Waals surface area contributed by atoms with Gasteiger partial charge >= 0.3 is 0 Å². The first kappa shape index (κ1) is 10.7. The van der Waals surface area contributed by atoms with Gasteiger partial charge in [-0.25, -0.2) is 0 Å². The minimum Gasteiger partial charge on any atom is -0.398 e. The SMILES string of the molecule is CNC(C)(C)C(=O)c1cnccc1N. The summed E-state index contributed by atoms with van der Waals surface area (Å²) in [5, 5.41) is 2.93. The average Bonchev–Trinajstić information content (AvgIpc) is 2.17. The van der Waals surface area contributed by atoms with Crippen LogP contribution in [0.5, 0.6) is 0 Å². The number of hydrogen-bond donors (Lipinski definition) is 2. The molecule has 76 valence electrons. The second-order valence-electron chi connectivity index (χ2n) is 3.67. The van der Waals surface area contributed by atoms with Crippen molar-refractivity contribution in [1.29, 1.82) is 0 Å². The summed E-state index contributed by atoms with van der Waals surface area (Å²) >= 11 is 0. The smallest absolute Gasteiger partial charge is 0.185 e.